The summed E-state index contributed by atoms with van der Waals surface area (Å²) >= 11 is 20.2. The molecule has 0 unspecified atom stereocenters. The van der Waals surface area contributed by atoms with Gasteiger partial charge in [-0.15, -0.1) is 11.8 Å². The number of hydrogen-bond acceptors (Lipinski definition) is 3. The lowest BCUT2D eigenvalue weighted by Crippen LogP contribution is -2.54. The van der Waals surface area contributed by atoms with Crippen LogP contribution < -0.4 is 5.32 Å². The van der Waals surface area contributed by atoms with Gasteiger partial charge in [-0.05, 0) is 61.7 Å². The Morgan fingerprint density at radius 2 is 1.57 bits per heavy atom. The van der Waals surface area contributed by atoms with Crippen molar-refractivity contribution in [1.82, 2.24) is 10.2 Å². The molecule has 0 fully saturated rings. The number of thioether (sulfide) groups is 1. The van der Waals surface area contributed by atoms with E-state index in [0.29, 0.717) is 27.2 Å². The van der Waals surface area contributed by atoms with Gasteiger partial charge in [0.1, 0.15) is 6.04 Å². The number of carbonyl (C=O) groups excluding carboxylic acids is 2. The fourth-order valence-electron chi connectivity index (χ4n) is 3.81. The third-order valence-electron chi connectivity index (χ3n) is 5.51. The molecule has 3 rings (SSSR count). The quantitative estimate of drug-likeness (QED) is 0.272. The summed E-state index contributed by atoms with van der Waals surface area (Å²) in [5, 5.41) is 4.68. The highest BCUT2D eigenvalue weighted by atomic mass is 35.5. The molecular weight excluding hydrogens is 547 g/mol. The van der Waals surface area contributed by atoms with E-state index in [0.717, 1.165) is 16.7 Å². The van der Waals surface area contributed by atoms with Gasteiger partial charge in [0.25, 0.3) is 0 Å². The van der Waals surface area contributed by atoms with Gasteiger partial charge in [0.2, 0.25) is 11.8 Å². The van der Waals surface area contributed by atoms with Gasteiger partial charge in [-0.2, -0.15) is 0 Å². The predicted octanol–water partition coefficient (Wildman–Crippen LogP) is 7.43. The molecule has 0 saturated carbocycles. The zero-order valence-corrected chi connectivity index (χ0v) is 24.2. The number of amides is 2. The van der Waals surface area contributed by atoms with Gasteiger partial charge in [0.05, 0.1) is 5.75 Å². The average Bonchev–Trinajstić information content (AvgIpc) is 2.82. The third kappa shape index (κ3) is 9.57. The molecule has 3 aromatic carbocycles. The molecule has 0 saturated heterocycles. The zero-order valence-electron chi connectivity index (χ0n) is 21.1. The number of benzene rings is 3. The molecule has 0 spiro atoms. The van der Waals surface area contributed by atoms with Gasteiger partial charge >= 0.3 is 0 Å². The molecular formula is C29H31Cl3N2O2S. The van der Waals surface area contributed by atoms with E-state index in [-0.39, 0.29) is 24.1 Å². The van der Waals surface area contributed by atoms with Crippen molar-refractivity contribution in [2.24, 2.45) is 0 Å². The molecule has 0 aliphatic carbocycles. The minimum atomic E-state index is -0.729. The molecule has 0 radical (unpaired) electrons. The van der Waals surface area contributed by atoms with Crippen LogP contribution in [0.25, 0.3) is 0 Å². The Balaban J connectivity index is 1.90. The summed E-state index contributed by atoms with van der Waals surface area (Å²) in [5.41, 5.74) is 2.26. The molecule has 196 valence electrons. The molecule has 0 aliphatic rings. The highest BCUT2D eigenvalue weighted by molar-refractivity contribution is 7.99. The lowest BCUT2D eigenvalue weighted by atomic mass is 10.0. The lowest BCUT2D eigenvalue weighted by molar-refractivity contribution is -0.140. The minimum Gasteiger partial charge on any atom is -0.350 e. The van der Waals surface area contributed by atoms with E-state index in [1.807, 2.05) is 75.4 Å². The second kappa shape index (κ2) is 13.6. The van der Waals surface area contributed by atoms with Crippen molar-refractivity contribution in [3.63, 3.8) is 0 Å². The smallest absolute Gasteiger partial charge is 0.243 e. The molecule has 0 aliphatic heterocycles. The van der Waals surface area contributed by atoms with Gasteiger partial charge in [0.15, 0.2) is 0 Å². The van der Waals surface area contributed by atoms with Crippen molar-refractivity contribution in [2.75, 3.05) is 5.75 Å². The van der Waals surface area contributed by atoms with E-state index in [4.69, 9.17) is 34.8 Å². The molecule has 3 aromatic rings. The van der Waals surface area contributed by atoms with E-state index in [9.17, 15) is 9.59 Å². The molecule has 0 bridgehead atoms. The zero-order chi connectivity index (χ0) is 27.0. The second-order valence-electron chi connectivity index (χ2n) is 9.82. The van der Waals surface area contributed by atoms with Crippen molar-refractivity contribution in [3.05, 3.63) is 105 Å². The van der Waals surface area contributed by atoms with E-state index >= 15 is 0 Å². The SMILES string of the molecule is CC(C)(C)NC(=O)[C@H](Cc1ccccc1)N(Cc1ccc(Cl)cc1Cl)C(=O)CSCc1cccc(Cl)c1. The minimum absolute atomic E-state index is 0.150. The molecule has 0 aromatic heterocycles. The maximum atomic E-state index is 13.7. The molecule has 2 amide bonds. The van der Waals surface area contributed by atoms with Crippen LogP contribution in [-0.2, 0) is 28.3 Å². The summed E-state index contributed by atoms with van der Waals surface area (Å²) in [5.74, 6) is 0.461. The Morgan fingerprint density at radius 1 is 0.892 bits per heavy atom. The number of hydrogen-bond donors (Lipinski definition) is 1. The highest BCUT2D eigenvalue weighted by Gasteiger charge is 2.32. The van der Waals surface area contributed by atoms with Gasteiger partial charge in [0, 0.05) is 39.3 Å². The molecule has 4 nitrogen and oxygen atoms in total. The summed E-state index contributed by atoms with van der Waals surface area (Å²) in [6.07, 6.45) is 0.374. The summed E-state index contributed by atoms with van der Waals surface area (Å²) < 4.78 is 0. The lowest BCUT2D eigenvalue weighted by Gasteiger charge is -2.34. The first kappa shape index (κ1) is 29.4. The number of carbonyl (C=O) groups is 2. The first-order valence-electron chi connectivity index (χ1n) is 11.9. The van der Waals surface area contributed by atoms with Crippen LogP contribution in [0.5, 0.6) is 0 Å². The normalized spacial score (nSPS) is 12.2. The van der Waals surface area contributed by atoms with Gasteiger partial charge < -0.3 is 10.2 Å². The Hall–Kier alpha value is -2.18. The van der Waals surface area contributed by atoms with E-state index in [1.54, 1.807) is 23.1 Å². The summed E-state index contributed by atoms with van der Waals surface area (Å²) in [6.45, 7) is 5.95. The number of nitrogens with zero attached hydrogens (tertiary/aromatic N) is 1. The van der Waals surface area contributed by atoms with Crippen molar-refractivity contribution in [1.29, 1.82) is 0 Å². The fourth-order valence-corrected chi connectivity index (χ4v) is 5.35. The van der Waals surface area contributed by atoms with Crippen LogP contribution in [0.2, 0.25) is 15.1 Å². The van der Waals surface area contributed by atoms with Gasteiger partial charge in [-0.1, -0.05) is 83.3 Å². The van der Waals surface area contributed by atoms with Crippen LogP contribution in [0, 0.1) is 0 Å². The van der Waals surface area contributed by atoms with Crippen LogP contribution in [0.4, 0.5) is 0 Å². The van der Waals surface area contributed by atoms with E-state index in [2.05, 4.69) is 5.32 Å². The maximum Gasteiger partial charge on any atom is 0.243 e. The standard InChI is InChI=1S/C29H31Cl3N2O2S/c1-29(2,3)33-28(36)26(15-20-8-5-4-6-9-20)34(17-22-12-13-24(31)16-25(22)32)27(35)19-37-18-21-10-7-11-23(30)14-21/h4-14,16,26H,15,17-19H2,1-3H3,(H,33,36)/t26-/m0/s1. The first-order chi connectivity index (χ1) is 17.5. The summed E-state index contributed by atoms with van der Waals surface area (Å²) in [4.78, 5) is 28.9. The van der Waals surface area contributed by atoms with Crippen LogP contribution in [0.1, 0.15) is 37.5 Å². The molecule has 0 heterocycles. The second-order valence-corrected chi connectivity index (χ2v) is 12.1. The highest BCUT2D eigenvalue weighted by Crippen LogP contribution is 2.25. The third-order valence-corrected chi connectivity index (χ3v) is 7.32. The van der Waals surface area contributed by atoms with Crippen LogP contribution in [0.15, 0.2) is 72.8 Å². The largest absolute Gasteiger partial charge is 0.350 e. The van der Waals surface area contributed by atoms with Crippen molar-refractivity contribution >= 4 is 58.4 Å². The first-order valence-corrected chi connectivity index (χ1v) is 14.2. The van der Waals surface area contributed by atoms with Crippen LogP contribution in [-0.4, -0.2) is 34.0 Å². The Morgan fingerprint density at radius 3 is 2.22 bits per heavy atom. The van der Waals surface area contributed by atoms with Crippen molar-refractivity contribution in [2.45, 2.75) is 51.1 Å². The molecule has 1 N–H and O–H groups in total. The summed E-state index contributed by atoms with van der Waals surface area (Å²) in [7, 11) is 0. The van der Waals surface area contributed by atoms with Crippen LogP contribution in [0.3, 0.4) is 0 Å². The number of rotatable bonds is 10. The average molecular weight is 578 g/mol. The van der Waals surface area contributed by atoms with Crippen LogP contribution >= 0.6 is 46.6 Å². The summed E-state index contributed by atoms with van der Waals surface area (Å²) in [6, 6.07) is 21.7. The van der Waals surface area contributed by atoms with E-state index in [1.165, 1.54) is 11.8 Å². The Bertz CT molecular complexity index is 1220. The van der Waals surface area contributed by atoms with Gasteiger partial charge in [-0.25, -0.2) is 0 Å². The predicted molar refractivity (Wildman–Crippen MR) is 156 cm³/mol. The molecule has 1 atom stereocenters. The van der Waals surface area contributed by atoms with Crippen molar-refractivity contribution < 1.29 is 9.59 Å². The van der Waals surface area contributed by atoms with E-state index < -0.39 is 11.6 Å². The number of nitrogens with one attached hydrogen (secondary N) is 1. The maximum absolute atomic E-state index is 13.7. The topological polar surface area (TPSA) is 49.4 Å². The Labute approximate surface area is 238 Å². The van der Waals surface area contributed by atoms with Gasteiger partial charge in [-0.3, -0.25) is 9.59 Å². The molecule has 8 heteroatoms. The Kier molecular flexibility index (Phi) is 10.8. The fraction of sp³-hybridized carbons (Fsp3) is 0.310. The number of halogens is 3. The van der Waals surface area contributed by atoms with Crippen molar-refractivity contribution in [3.8, 4) is 0 Å². The molecule has 37 heavy (non-hydrogen) atoms. The monoisotopic (exact) mass is 576 g/mol.